The molecule has 0 aromatic heterocycles. The molecule has 0 bridgehead atoms. The van der Waals surface area contributed by atoms with Crippen molar-refractivity contribution in [3.63, 3.8) is 0 Å². The molecular formula is C13H10FNO4. The molecule has 1 amide bonds. The first-order valence-corrected chi connectivity index (χ1v) is 5.91. The molecule has 5 nitrogen and oxygen atoms in total. The number of Topliss-reactive ketones (excluding diaryl/α,β-unsaturated/α-hetero) is 1. The number of benzene rings is 1. The Labute approximate surface area is 107 Å². The van der Waals surface area contributed by atoms with Gasteiger partial charge in [0, 0.05) is 0 Å². The number of rotatable bonds is 3. The smallest absolute Gasteiger partial charge is 0.327 e. The lowest BCUT2D eigenvalue weighted by Crippen LogP contribution is -2.46. The maximum Gasteiger partial charge on any atom is 0.327 e. The maximum absolute atomic E-state index is 13.9. The van der Waals surface area contributed by atoms with Crippen LogP contribution < -0.4 is 4.90 Å². The molecule has 19 heavy (non-hydrogen) atoms. The van der Waals surface area contributed by atoms with Gasteiger partial charge in [0.1, 0.15) is 11.9 Å². The topological polar surface area (TPSA) is 74.7 Å². The number of carbonyl (C=O) groups excluding carboxylic acids is 2. The largest absolute Gasteiger partial charge is 0.480 e. The maximum atomic E-state index is 13.9. The fourth-order valence-electron chi connectivity index (χ4n) is 2.47. The Hall–Kier alpha value is -2.24. The second kappa shape index (κ2) is 3.88. The van der Waals surface area contributed by atoms with E-state index < -0.39 is 29.5 Å². The molecule has 1 N–H and O–H groups in total. The quantitative estimate of drug-likeness (QED) is 0.832. The highest BCUT2D eigenvalue weighted by Gasteiger charge is 2.49. The number of hydrogen-bond donors (Lipinski definition) is 1. The van der Waals surface area contributed by atoms with Crippen molar-refractivity contribution >= 4 is 23.3 Å². The number of ketones is 1. The molecule has 1 saturated carbocycles. The van der Waals surface area contributed by atoms with E-state index in [1.165, 1.54) is 12.1 Å². The zero-order valence-electron chi connectivity index (χ0n) is 9.80. The van der Waals surface area contributed by atoms with E-state index in [1.54, 1.807) is 0 Å². The standard InChI is InChI=1S/C13H10FNO4/c14-8-3-1-2-7-10(8)15(12(17)11(7)16)9(13(18)19)6-4-5-6/h1-3,6,9H,4-5H2,(H,18,19). The van der Waals surface area contributed by atoms with Crippen LogP contribution in [0.3, 0.4) is 0 Å². The number of fused-ring (bicyclic) bond motifs is 1. The number of carbonyl (C=O) groups is 3. The highest BCUT2D eigenvalue weighted by atomic mass is 19.1. The molecule has 0 spiro atoms. The van der Waals surface area contributed by atoms with Gasteiger partial charge >= 0.3 is 5.97 Å². The van der Waals surface area contributed by atoms with Crippen molar-refractivity contribution in [2.75, 3.05) is 4.90 Å². The Bertz CT molecular complexity index is 609. The van der Waals surface area contributed by atoms with Crippen LogP contribution >= 0.6 is 0 Å². The highest BCUT2D eigenvalue weighted by molar-refractivity contribution is 6.52. The van der Waals surface area contributed by atoms with E-state index in [0.29, 0.717) is 12.8 Å². The third-order valence-electron chi connectivity index (χ3n) is 3.49. The molecule has 0 radical (unpaired) electrons. The van der Waals surface area contributed by atoms with Crippen molar-refractivity contribution in [1.82, 2.24) is 0 Å². The third-order valence-corrected chi connectivity index (χ3v) is 3.49. The van der Waals surface area contributed by atoms with Crippen molar-refractivity contribution in [3.05, 3.63) is 29.6 Å². The summed E-state index contributed by atoms with van der Waals surface area (Å²) in [4.78, 5) is 35.8. The van der Waals surface area contributed by atoms with Crippen LogP contribution in [0.5, 0.6) is 0 Å². The van der Waals surface area contributed by atoms with Gasteiger partial charge in [-0.2, -0.15) is 0 Å². The molecule has 1 unspecified atom stereocenters. The molecule has 3 rings (SSSR count). The van der Waals surface area contributed by atoms with Crippen LogP contribution in [0.25, 0.3) is 0 Å². The van der Waals surface area contributed by atoms with Gasteiger partial charge in [0.15, 0.2) is 0 Å². The van der Waals surface area contributed by atoms with Crippen LogP contribution in [0.15, 0.2) is 18.2 Å². The minimum absolute atomic E-state index is 0.0584. The summed E-state index contributed by atoms with van der Waals surface area (Å²) in [5.74, 6) is -3.97. The van der Waals surface area contributed by atoms with E-state index in [0.717, 1.165) is 11.0 Å². The Morgan fingerprint density at radius 1 is 1.37 bits per heavy atom. The minimum Gasteiger partial charge on any atom is -0.480 e. The first-order chi connectivity index (χ1) is 9.02. The molecule has 1 aromatic rings. The van der Waals surface area contributed by atoms with Gasteiger partial charge < -0.3 is 5.11 Å². The summed E-state index contributed by atoms with van der Waals surface area (Å²) in [6.07, 6.45) is 1.33. The molecule has 6 heteroatoms. The van der Waals surface area contributed by atoms with Crippen LogP contribution in [0.2, 0.25) is 0 Å². The van der Waals surface area contributed by atoms with Gasteiger partial charge in [0.2, 0.25) is 0 Å². The summed E-state index contributed by atoms with van der Waals surface area (Å²) in [5.41, 5.74) is -0.256. The number of nitrogens with zero attached hydrogens (tertiary/aromatic N) is 1. The molecule has 1 fully saturated rings. The lowest BCUT2D eigenvalue weighted by atomic mass is 10.1. The molecule has 1 atom stereocenters. The predicted molar refractivity (Wildman–Crippen MR) is 62.4 cm³/mol. The van der Waals surface area contributed by atoms with Gasteiger partial charge in [-0.05, 0) is 30.9 Å². The van der Waals surface area contributed by atoms with Crippen molar-refractivity contribution < 1.29 is 23.9 Å². The molecule has 98 valence electrons. The normalized spacial score (nSPS) is 19.5. The number of hydrogen-bond acceptors (Lipinski definition) is 3. The fourth-order valence-corrected chi connectivity index (χ4v) is 2.47. The van der Waals surface area contributed by atoms with Gasteiger partial charge in [-0.1, -0.05) is 6.07 Å². The SMILES string of the molecule is O=C1C(=O)N(C(C(=O)O)C2CC2)c2c(F)cccc21. The molecule has 1 aromatic carbocycles. The van der Waals surface area contributed by atoms with E-state index >= 15 is 0 Å². The number of aliphatic carboxylic acids is 1. The van der Waals surface area contributed by atoms with Gasteiger partial charge in [0.05, 0.1) is 11.3 Å². The first kappa shape index (κ1) is 11.8. The van der Waals surface area contributed by atoms with E-state index in [4.69, 9.17) is 0 Å². The number of halogens is 1. The van der Waals surface area contributed by atoms with Crippen LogP contribution in [0.4, 0.5) is 10.1 Å². The van der Waals surface area contributed by atoms with E-state index in [2.05, 4.69) is 0 Å². The second-order valence-electron chi connectivity index (χ2n) is 4.76. The third kappa shape index (κ3) is 1.63. The van der Waals surface area contributed by atoms with Gasteiger partial charge in [-0.15, -0.1) is 0 Å². The average molecular weight is 263 g/mol. The Balaban J connectivity index is 2.15. The summed E-state index contributed by atoms with van der Waals surface area (Å²) in [6.45, 7) is 0. The predicted octanol–water partition coefficient (Wildman–Crippen LogP) is 1.22. The number of carboxylic acids is 1. The van der Waals surface area contributed by atoms with Gasteiger partial charge in [-0.25, -0.2) is 9.18 Å². The van der Waals surface area contributed by atoms with E-state index in [1.807, 2.05) is 0 Å². The lowest BCUT2D eigenvalue weighted by molar-refractivity contribution is -0.140. The molecule has 1 aliphatic heterocycles. The number of amides is 1. The Kier molecular flexibility index (Phi) is 2.41. The monoisotopic (exact) mass is 263 g/mol. The first-order valence-electron chi connectivity index (χ1n) is 5.91. The average Bonchev–Trinajstić information content (AvgIpc) is 3.14. The van der Waals surface area contributed by atoms with Crippen molar-refractivity contribution in [3.8, 4) is 0 Å². The fraction of sp³-hybridized carbons (Fsp3) is 0.308. The van der Waals surface area contributed by atoms with Crippen LogP contribution in [-0.2, 0) is 9.59 Å². The summed E-state index contributed by atoms with van der Waals surface area (Å²) >= 11 is 0. The number of anilines is 1. The summed E-state index contributed by atoms with van der Waals surface area (Å²) < 4.78 is 13.9. The number of para-hydroxylation sites is 1. The lowest BCUT2D eigenvalue weighted by Gasteiger charge is -2.24. The van der Waals surface area contributed by atoms with Gasteiger partial charge in [0.25, 0.3) is 11.7 Å². The summed E-state index contributed by atoms with van der Waals surface area (Å²) in [5, 5.41) is 9.24. The molecule has 2 aliphatic rings. The summed E-state index contributed by atoms with van der Waals surface area (Å²) in [6, 6.07) is 2.62. The minimum atomic E-state index is -1.21. The molecular weight excluding hydrogens is 253 g/mol. The zero-order chi connectivity index (χ0) is 13.7. The molecule has 0 saturated heterocycles. The van der Waals surface area contributed by atoms with Crippen LogP contribution in [-0.4, -0.2) is 28.8 Å². The van der Waals surface area contributed by atoms with Crippen LogP contribution in [0, 0.1) is 11.7 Å². The van der Waals surface area contributed by atoms with E-state index in [9.17, 15) is 23.9 Å². The highest BCUT2D eigenvalue weighted by Crippen LogP contribution is 2.41. The Morgan fingerprint density at radius 2 is 2.05 bits per heavy atom. The molecule has 1 aliphatic carbocycles. The summed E-state index contributed by atoms with van der Waals surface area (Å²) in [7, 11) is 0. The van der Waals surface area contributed by atoms with Gasteiger partial charge in [-0.3, -0.25) is 14.5 Å². The van der Waals surface area contributed by atoms with Crippen LogP contribution in [0.1, 0.15) is 23.2 Å². The van der Waals surface area contributed by atoms with E-state index in [-0.39, 0.29) is 17.2 Å². The Morgan fingerprint density at radius 3 is 2.63 bits per heavy atom. The number of carboxylic acid groups (broad SMARTS) is 1. The second-order valence-corrected chi connectivity index (χ2v) is 4.76. The zero-order valence-corrected chi connectivity index (χ0v) is 9.80. The van der Waals surface area contributed by atoms with Crippen molar-refractivity contribution in [2.45, 2.75) is 18.9 Å². The molecule has 1 heterocycles. The van der Waals surface area contributed by atoms with Crippen molar-refractivity contribution in [2.24, 2.45) is 5.92 Å². The van der Waals surface area contributed by atoms with Crippen molar-refractivity contribution in [1.29, 1.82) is 0 Å².